The number of carbonyl (C=O) groups excluding carboxylic acids is 1. The van der Waals surface area contributed by atoms with Gasteiger partial charge in [-0.1, -0.05) is 12.1 Å². The summed E-state index contributed by atoms with van der Waals surface area (Å²) < 4.78 is 0. The Bertz CT molecular complexity index is 346. The number of hydroxylamine groups is 1. The average molecular weight is 210 g/mol. The Balaban J connectivity index is 2.77. The van der Waals surface area contributed by atoms with E-state index < -0.39 is 11.4 Å². The summed E-state index contributed by atoms with van der Waals surface area (Å²) >= 11 is 0. The molecule has 1 unspecified atom stereocenters. The first-order valence-electron chi connectivity index (χ1n) is 4.47. The molecule has 0 saturated heterocycles. The molecule has 1 aromatic carbocycles. The Kier molecular flexibility index (Phi) is 3.28. The van der Waals surface area contributed by atoms with E-state index in [2.05, 4.69) is 0 Å². The first kappa shape index (κ1) is 11.5. The molecule has 0 aliphatic rings. The number of benzene rings is 1. The minimum absolute atomic E-state index is 0.157. The van der Waals surface area contributed by atoms with Gasteiger partial charge in [0.2, 0.25) is 0 Å². The van der Waals surface area contributed by atoms with Crippen LogP contribution >= 0.6 is 0 Å². The monoisotopic (exact) mass is 210 g/mol. The van der Waals surface area contributed by atoms with Gasteiger partial charge in [0.15, 0.2) is 0 Å². The highest BCUT2D eigenvalue weighted by atomic mass is 16.5. The fourth-order valence-electron chi connectivity index (χ4n) is 1.25. The van der Waals surface area contributed by atoms with Crippen molar-refractivity contribution in [1.29, 1.82) is 0 Å². The van der Waals surface area contributed by atoms with Crippen molar-refractivity contribution in [3.8, 4) is 5.75 Å². The first-order chi connectivity index (χ1) is 6.95. The SMILES string of the molecule is CC(N)(Cc1ccc(O)cc1)C(=O)NO. The second-order valence-electron chi connectivity index (χ2n) is 3.70. The molecule has 5 N–H and O–H groups in total. The van der Waals surface area contributed by atoms with Gasteiger partial charge >= 0.3 is 0 Å². The van der Waals surface area contributed by atoms with Gasteiger partial charge < -0.3 is 10.8 Å². The Morgan fingerprint density at radius 3 is 2.47 bits per heavy atom. The molecule has 1 amide bonds. The first-order valence-corrected chi connectivity index (χ1v) is 4.47. The lowest BCUT2D eigenvalue weighted by molar-refractivity contribution is -0.134. The normalized spacial score (nSPS) is 14.3. The summed E-state index contributed by atoms with van der Waals surface area (Å²) in [7, 11) is 0. The van der Waals surface area contributed by atoms with Crippen LogP contribution in [0.2, 0.25) is 0 Å². The molecule has 0 radical (unpaired) electrons. The number of nitrogens with two attached hydrogens (primary N) is 1. The van der Waals surface area contributed by atoms with E-state index in [1.54, 1.807) is 12.1 Å². The van der Waals surface area contributed by atoms with Crippen molar-refractivity contribution in [2.24, 2.45) is 5.73 Å². The fraction of sp³-hybridized carbons (Fsp3) is 0.300. The molecule has 1 aromatic rings. The van der Waals surface area contributed by atoms with Crippen molar-refractivity contribution in [1.82, 2.24) is 5.48 Å². The molecule has 5 heteroatoms. The zero-order chi connectivity index (χ0) is 11.5. The Labute approximate surface area is 87.5 Å². The average Bonchev–Trinajstić information content (AvgIpc) is 2.20. The number of amides is 1. The minimum atomic E-state index is -1.17. The number of phenolic OH excluding ortho intramolecular Hbond substituents is 1. The van der Waals surface area contributed by atoms with Crippen LogP contribution in [-0.4, -0.2) is 21.8 Å². The van der Waals surface area contributed by atoms with E-state index in [4.69, 9.17) is 16.0 Å². The predicted octanol–water partition coefficient (Wildman–Crippen LogP) is 0.158. The lowest BCUT2D eigenvalue weighted by Crippen LogP contribution is -2.52. The maximum absolute atomic E-state index is 11.2. The molecule has 15 heavy (non-hydrogen) atoms. The predicted molar refractivity (Wildman–Crippen MR) is 54.3 cm³/mol. The Morgan fingerprint density at radius 2 is 2.00 bits per heavy atom. The van der Waals surface area contributed by atoms with Crippen molar-refractivity contribution >= 4 is 5.91 Å². The number of phenols is 1. The topological polar surface area (TPSA) is 95.6 Å². The molecule has 0 saturated carbocycles. The number of rotatable bonds is 3. The zero-order valence-electron chi connectivity index (χ0n) is 8.40. The molecule has 0 bridgehead atoms. The molecule has 0 aliphatic carbocycles. The van der Waals surface area contributed by atoms with E-state index in [1.165, 1.54) is 24.5 Å². The smallest absolute Gasteiger partial charge is 0.263 e. The van der Waals surface area contributed by atoms with E-state index in [1.807, 2.05) is 0 Å². The van der Waals surface area contributed by atoms with Crippen LogP contribution in [0.25, 0.3) is 0 Å². The van der Waals surface area contributed by atoms with Crippen molar-refractivity contribution < 1.29 is 15.1 Å². The molecule has 0 heterocycles. The van der Waals surface area contributed by atoms with Gasteiger partial charge in [0.25, 0.3) is 5.91 Å². The van der Waals surface area contributed by atoms with Gasteiger partial charge in [-0.15, -0.1) is 0 Å². The Hall–Kier alpha value is -1.59. The van der Waals surface area contributed by atoms with Crippen LogP contribution in [0.4, 0.5) is 0 Å². The molecular weight excluding hydrogens is 196 g/mol. The van der Waals surface area contributed by atoms with Gasteiger partial charge in [0, 0.05) is 0 Å². The van der Waals surface area contributed by atoms with Gasteiger partial charge in [-0.3, -0.25) is 10.0 Å². The molecule has 1 rings (SSSR count). The molecule has 0 spiro atoms. The lowest BCUT2D eigenvalue weighted by atomic mass is 9.93. The highest BCUT2D eigenvalue weighted by molar-refractivity contribution is 5.84. The molecule has 82 valence electrons. The summed E-state index contributed by atoms with van der Waals surface area (Å²) in [5, 5.41) is 17.5. The van der Waals surface area contributed by atoms with Crippen LogP contribution in [-0.2, 0) is 11.2 Å². The maximum Gasteiger partial charge on any atom is 0.263 e. The third kappa shape index (κ3) is 2.93. The highest BCUT2D eigenvalue weighted by Crippen LogP contribution is 2.14. The van der Waals surface area contributed by atoms with Crippen LogP contribution in [0.5, 0.6) is 5.75 Å². The number of nitrogens with one attached hydrogen (secondary N) is 1. The molecule has 0 aliphatic heterocycles. The second kappa shape index (κ2) is 4.29. The number of aromatic hydroxyl groups is 1. The summed E-state index contributed by atoms with van der Waals surface area (Å²) in [5.41, 5.74) is 6.86. The van der Waals surface area contributed by atoms with Crippen molar-refractivity contribution in [3.05, 3.63) is 29.8 Å². The number of hydrogen-bond acceptors (Lipinski definition) is 4. The number of carbonyl (C=O) groups is 1. The van der Waals surface area contributed by atoms with Crippen LogP contribution in [0, 0.1) is 0 Å². The second-order valence-corrected chi connectivity index (χ2v) is 3.70. The fourth-order valence-corrected chi connectivity index (χ4v) is 1.25. The van der Waals surface area contributed by atoms with E-state index >= 15 is 0 Å². The highest BCUT2D eigenvalue weighted by Gasteiger charge is 2.28. The van der Waals surface area contributed by atoms with E-state index in [0.29, 0.717) is 0 Å². The van der Waals surface area contributed by atoms with Gasteiger partial charge in [0.05, 0.1) is 5.54 Å². The molecule has 0 aromatic heterocycles. The zero-order valence-corrected chi connectivity index (χ0v) is 8.40. The van der Waals surface area contributed by atoms with Crippen LogP contribution < -0.4 is 11.2 Å². The Morgan fingerprint density at radius 1 is 1.47 bits per heavy atom. The van der Waals surface area contributed by atoms with Gasteiger partial charge in [-0.2, -0.15) is 0 Å². The van der Waals surface area contributed by atoms with E-state index in [0.717, 1.165) is 5.56 Å². The van der Waals surface area contributed by atoms with Crippen molar-refractivity contribution in [3.63, 3.8) is 0 Å². The quantitative estimate of drug-likeness (QED) is 0.422. The minimum Gasteiger partial charge on any atom is -0.508 e. The molecule has 0 fully saturated rings. The summed E-state index contributed by atoms with van der Waals surface area (Å²) in [6.45, 7) is 1.52. The van der Waals surface area contributed by atoms with Crippen molar-refractivity contribution in [2.45, 2.75) is 18.9 Å². The molecule has 5 nitrogen and oxygen atoms in total. The summed E-state index contributed by atoms with van der Waals surface area (Å²) in [6.07, 6.45) is 0.277. The third-order valence-electron chi connectivity index (χ3n) is 2.13. The summed E-state index contributed by atoms with van der Waals surface area (Å²) in [6, 6.07) is 6.38. The van der Waals surface area contributed by atoms with E-state index in [-0.39, 0.29) is 12.2 Å². The van der Waals surface area contributed by atoms with Crippen molar-refractivity contribution in [2.75, 3.05) is 0 Å². The van der Waals surface area contributed by atoms with Gasteiger partial charge in [0.1, 0.15) is 5.75 Å². The lowest BCUT2D eigenvalue weighted by Gasteiger charge is -2.21. The van der Waals surface area contributed by atoms with Crippen LogP contribution in [0.3, 0.4) is 0 Å². The third-order valence-corrected chi connectivity index (χ3v) is 2.13. The standard InChI is InChI=1S/C10H14N2O3/c1-10(11,9(14)12-15)6-7-2-4-8(13)5-3-7/h2-5,13,15H,6,11H2,1H3,(H,12,14). The summed E-state index contributed by atoms with van der Waals surface area (Å²) in [5.74, 6) is -0.486. The maximum atomic E-state index is 11.2. The van der Waals surface area contributed by atoms with Gasteiger partial charge in [-0.05, 0) is 31.0 Å². The largest absolute Gasteiger partial charge is 0.508 e. The van der Waals surface area contributed by atoms with Crippen LogP contribution in [0.1, 0.15) is 12.5 Å². The summed E-state index contributed by atoms with van der Waals surface area (Å²) in [4.78, 5) is 11.2. The van der Waals surface area contributed by atoms with E-state index in [9.17, 15) is 4.79 Å². The number of hydrogen-bond donors (Lipinski definition) is 4. The molecular formula is C10H14N2O3. The van der Waals surface area contributed by atoms with Crippen LogP contribution in [0.15, 0.2) is 24.3 Å². The van der Waals surface area contributed by atoms with Gasteiger partial charge in [-0.25, -0.2) is 5.48 Å². The molecule has 1 atom stereocenters.